The van der Waals surface area contributed by atoms with Crippen molar-refractivity contribution in [2.45, 2.75) is 17.7 Å². The summed E-state index contributed by atoms with van der Waals surface area (Å²) >= 11 is 0. The summed E-state index contributed by atoms with van der Waals surface area (Å²) in [5, 5.41) is 14.4. The molecule has 11 heteroatoms. The summed E-state index contributed by atoms with van der Waals surface area (Å²) in [5.74, 6) is 0.522. The Kier molecular flexibility index (Phi) is 5.41. The van der Waals surface area contributed by atoms with E-state index in [-0.39, 0.29) is 28.7 Å². The maximum atomic E-state index is 13.5. The lowest BCUT2D eigenvalue weighted by Crippen LogP contribution is -2.36. The van der Waals surface area contributed by atoms with Crippen LogP contribution in [0.4, 0.5) is 5.69 Å². The molecule has 7 N–H and O–H groups in total. The van der Waals surface area contributed by atoms with Gasteiger partial charge in [-0.05, 0) is 43.0 Å². The Bertz CT molecular complexity index is 1320. The lowest BCUT2D eigenvalue weighted by molar-refractivity contribution is 0.327. The monoisotopic (exact) mass is 471 g/mol. The van der Waals surface area contributed by atoms with E-state index in [1.54, 1.807) is 36.4 Å². The molecule has 0 bridgehead atoms. The number of amidine groups is 1. The average Bonchev–Trinajstić information content (AvgIpc) is 3.62. The molecule has 1 aliphatic carbocycles. The molecule has 0 saturated heterocycles. The quantitative estimate of drug-likeness (QED) is 0.307. The van der Waals surface area contributed by atoms with Crippen LogP contribution in [0.3, 0.4) is 0 Å². The van der Waals surface area contributed by atoms with Gasteiger partial charge in [0.1, 0.15) is 28.6 Å². The van der Waals surface area contributed by atoms with E-state index in [4.69, 9.17) is 10.5 Å². The maximum absolute atomic E-state index is 13.5. The number of aromatic nitrogens is 1. The molecule has 33 heavy (non-hydrogen) atoms. The molecule has 174 valence electrons. The molecule has 3 aromatic rings. The van der Waals surface area contributed by atoms with E-state index in [9.17, 15) is 19.0 Å². The van der Waals surface area contributed by atoms with Crippen LogP contribution in [0.1, 0.15) is 18.4 Å². The van der Waals surface area contributed by atoms with E-state index in [0.29, 0.717) is 41.3 Å². The van der Waals surface area contributed by atoms with Crippen LogP contribution in [0, 0.1) is 5.92 Å². The molecule has 1 saturated carbocycles. The van der Waals surface area contributed by atoms with E-state index in [2.05, 4.69) is 15.1 Å². The maximum Gasteiger partial charge on any atom is 0.284 e. The van der Waals surface area contributed by atoms with Crippen LogP contribution in [0.25, 0.3) is 10.9 Å². The third-order valence-corrected chi connectivity index (χ3v) is 7.00. The Balaban J connectivity index is 1.61. The number of pyridine rings is 1. The Labute approximate surface area is 191 Å². The highest BCUT2D eigenvalue weighted by Gasteiger charge is 2.31. The van der Waals surface area contributed by atoms with Gasteiger partial charge in [-0.2, -0.15) is 0 Å². The fraction of sp³-hybridized carbons (Fsp3) is 0.273. The molecule has 1 aliphatic heterocycles. The van der Waals surface area contributed by atoms with Gasteiger partial charge in [0.2, 0.25) is 0 Å². The first-order valence-electron chi connectivity index (χ1n) is 10.6. The zero-order valence-corrected chi connectivity index (χ0v) is 18.5. The second kappa shape index (κ2) is 8.27. The van der Waals surface area contributed by atoms with Crippen LogP contribution in [-0.4, -0.2) is 44.4 Å². The number of nitrogens with zero attached hydrogens (tertiary/aromatic N) is 2. The van der Waals surface area contributed by atoms with Crippen LogP contribution in [0.5, 0.6) is 11.5 Å². The number of hydrogen-bond acceptors (Lipinski definition) is 9. The lowest BCUT2D eigenvalue weighted by atomic mass is 10.1. The van der Waals surface area contributed by atoms with Gasteiger partial charge in [-0.25, -0.2) is 4.68 Å². The SMILES string of the molecule is NCCOc1ccc2c(c1)S(O)(O)N=C(c1c(O)c3ccccc3n(NCC3CC3)c1=O)N2. The molecule has 0 amide bonds. The van der Waals surface area contributed by atoms with Gasteiger partial charge in [-0.15, -0.1) is 4.40 Å². The predicted octanol–water partition coefficient (Wildman–Crippen LogP) is 2.89. The van der Waals surface area contributed by atoms with Gasteiger partial charge in [0, 0.05) is 24.5 Å². The van der Waals surface area contributed by atoms with Crippen molar-refractivity contribution < 1.29 is 18.9 Å². The molecule has 0 unspecified atom stereocenters. The van der Waals surface area contributed by atoms with Gasteiger partial charge in [0.25, 0.3) is 5.56 Å². The van der Waals surface area contributed by atoms with Crippen LogP contribution >= 0.6 is 10.8 Å². The first kappa shape index (κ1) is 21.6. The lowest BCUT2D eigenvalue weighted by Gasteiger charge is -2.34. The molecular weight excluding hydrogens is 446 g/mol. The number of para-hydroxylation sites is 1. The van der Waals surface area contributed by atoms with E-state index in [1.165, 1.54) is 10.7 Å². The summed E-state index contributed by atoms with van der Waals surface area (Å²) in [7, 11) is -3.67. The molecular formula is C22H25N5O5S. The third-order valence-electron chi connectivity index (χ3n) is 5.63. The van der Waals surface area contributed by atoms with E-state index in [1.807, 2.05) is 0 Å². The van der Waals surface area contributed by atoms with Crippen molar-refractivity contribution in [2.75, 3.05) is 30.4 Å². The highest BCUT2D eigenvalue weighted by molar-refractivity contribution is 8.23. The number of benzene rings is 2. The number of rotatable bonds is 7. The summed E-state index contributed by atoms with van der Waals surface area (Å²) in [5.41, 5.74) is 8.80. The number of fused-ring (bicyclic) bond motifs is 2. The summed E-state index contributed by atoms with van der Waals surface area (Å²) in [6.45, 7) is 1.21. The first-order chi connectivity index (χ1) is 15.9. The summed E-state index contributed by atoms with van der Waals surface area (Å²) in [6.07, 6.45) is 2.21. The van der Waals surface area contributed by atoms with E-state index >= 15 is 0 Å². The van der Waals surface area contributed by atoms with Gasteiger partial charge < -0.3 is 26.3 Å². The highest BCUT2D eigenvalue weighted by Crippen LogP contribution is 2.56. The normalized spacial score (nSPS) is 17.6. The van der Waals surface area contributed by atoms with E-state index < -0.39 is 16.3 Å². The molecule has 0 spiro atoms. The van der Waals surface area contributed by atoms with Crippen molar-refractivity contribution in [1.29, 1.82) is 0 Å². The fourth-order valence-corrected chi connectivity index (χ4v) is 4.95. The van der Waals surface area contributed by atoms with Crippen molar-refractivity contribution in [2.24, 2.45) is 16.0 Å². The minimum absolute atomic E-state index is 0.117. The molecule has 1 fully saturated rings. The zero-order valence-electron chi connectivity index (χ0n) is 17.7. The summed E-state index contributed by atoms with van der Waals surface area (Å²) in [4.78, 5) is 13.6. The third kappa shape index (κ3) is 4.00. The minimum Gasteiger partial charge on any atom is -0.506 e. The average molecular weight is 472 g/mol. The van der Waals surface area contributed by atoms with Crippen LogP contribution in [0.2, 0.25) is 0 Å². The van der Waals surface area contributed by atoms with Crippen molar-refractivity contribution in [3.05, 3.63) is 58.4 Å². The van der Waals surface area contributed by atoms with Crippen LogP contribution < -0.4 is 26.8 Å². The molecule has 0 atom stereocenters. The van der Waals surface area contributed by atoms with Crippen molar-refractivity contribution in [1.82, 2.24) is 4.68 Å². The van der Waals surface area contributed by atoms with Gasteiger partial charge >= 0.3 is 0 Å². The number of nitrogens with one attached hydrogen (secondary N) is 2. The molecule has 10 nitrogen and oxygen atoms in total. The number of ether oxygens (including phenoxy) is 1. The van der Waals surface area contributed by atoms with Crippen LogP contribution in [0.15, 0.2) is 56.6 Å². The Morgan fingerprint density at radius 1 is 1.24 bits per heavy atom. The van der Waals surface area contributed by atoms with Crippen LogP contribution in [-0.2, 0) is 0 Å². The second-order valence-corrected chi connectivity index (χ2v) is 9.73. The Morgan fingerprint density at radius 2 is 2.03 bits per heavy atom. The van der Waals surface area contributed by atoms with Crippen molar-refractivity contribution in [3.63, 3.8) is 0 Å². The number of anilines is 1. The largest absolute Gasteiger partial charge is 0.506 e. The zero-order chi connectivity index (χ0) is 23.2. The van der Waals surface area contributed by atoms with Gasteiger partial charge in [0.05, 0.1) is 11.2 Å². The minimum atomic E-state index is -3.67. The van der Waals surface area contributed by atoms with Gasteiger partial charge in [-0.1, -0.05) is 22.9 Å². The molecule has 2 heterocycles. The molecule has 0 radical (unpaired) electrons. The Morgan fingerprint density at radius 3 is 2.79 bits per heavy atom. The topological polar surface area (TPSA) is 154 Å². The molecule has 5 rings (SSSR count). The second-order valence-electron chi connectivity index (χ2n) is 8.07. The fourth-order valence-electron chi connectivity index (χ4n) is 3.77. The highest BCUT2D eigenvalue weighted by atomic mass is 32.3. The van der Waals surface area contributed by atoms with Gasteiger partial charge in [-0.3, -0.25) is 13.9 Å². The smallest absolute Gasteiger partial charge is 0.284 e. The number of aromatic hydroxyl groups is 1. The Hall–Kier alpha value is -3.25. The molecule has 1 aromatic heterocycles. The summed E-state index contributed by atoms with van der Waals surface area (Å²) in [6, 6.07) is 11.7. The summed E-state index contributed by atoms with van der Waals surface area (Å²) < 4.78 is 32.5. The number of hydrogen-bond donors (Lipinski definition) is 6. The molecule has 2 aromatic carbocycles. The van der Waals surface area contributed by atoms with Crippen molar-refractivity contribution >= 4 is 33.2 Å². The molecule has 2 aliphatic rings. The van der Waals surface area contributed by atoms with Gasteiger partial charge in [0.15, 0.2) is 5.84 Å². The number of nitrogens with two attached hydrogens (primary N) is 1. The van der Waals surface area contributed by atoms with Crippen molar-refractivity contribution in [3.8, 4) is 11.5 Å². The predicted molar refractivity (Wildman–Crippen MR) is 129 cm³/mol. The first-order valence-corrected chi connectivity index (χ1v) is 12.1. The van der Waals surface area contributed by atoms with E-state index in [0.717, 1.165) is 12.8 Å². The standard InChI is InChI=1S/C22H25N5O5S/c23-9-10-32-14-7-8-16-18(11-14)33(30,31)26-21(25-16)19-20(28)15-3-1-2-4-17(15)27(22(19)29)24-12-13-5-6-13/h1-4,7-8,11,13,24,28,30-31H,5-6,9-10,12,23H2,(H,25,26).